The minimum Gasteiger partial charge on any atom is -0.333 e. The van der Waals surface area contributed by atoms with Gasteiger partial charge in [-0.3, -0.25) is 4.98 Å². The highest BCUT2D eigenvalue weighted by Crippen LogP contribution is 2.28. The number of hydrogen-bond donors (Lipinski definition) is 1. The molecule has 114 valence electrons. The number of benzene rings is 1. The van der Waals surface area contributed by atoms with Crippen molar-refractivity contribution < 1.29 is 0 Å². The van der Waals surface area contributed by atoms with Gasteiger partial charge < -0.3 is 4.98 Å². The van der Waals surface area contributed by atoms with Gasteiger partial charge in [-0.15, -0.1) is 11.8 Å². The van der Waals surface area contributed by atoms with Crippen LogP contribution in [0.1, 0.15) is 24.6 Å². The Labute approximate surface area is 139 Å². The predicted molar refractivity (Wildman–Crippen MR) is 95.6 cm³/mol. The number of aromatic nitrogens is 3. The van der Waals surface area contributed by atoms with Crippen molar-refractivity contribution in [2.75, 3.05) is 5.75 Å². The third-order valence-electron chi connectivity index (χ3n) is 3.43. The molecule has 0 aliphatic rings. The average molecular weight is 329 g/mol. The van der Waals surface area contributed by atoms with Crippen LogP contribution in [0, 0.1) is 6.92 Å². The minimum absolute atomic E-state index is 0.839. The molecule has 2 aromatic heterocycles. The van der Waals surface area contributed by atoms with Crippen LogP contribution in [-0.4, -0.2) is 20.7 Å². The van der Waals surface area contributed by atoms with E-state index in [-0.39, 0.29) is 0 Å². The molecule has 0 saturated carbocycles. The van der Waals surface area contributed by atoms with Gasteiger partial charge in [0.05, 0.1) is 16.7 Å². The lowest BCUT2D eigenvalue weighted by Gasteiger charge is -2.08. The van der Waals surface area contributed by atoms with Crippen molar-refractivity contribution in [2.45, 2.75) is 36.1 Å². The van der Waals surface area contributed by atoms with Gasteiger partial charge in [0.2, 0.25) is 0 Å². The lowest BCUT2D eigenvalue weighted by molar-refractivity contribution is 1.04. The maximum Gasteiger partial charge on any atom is 0.166 e. The number of H-pyrrole nitrogens is 1. The molecule has 3 nitrogen and oxygen atoms in total. The summed E-state index contributed by atoms with van der Waals surface area (Å²) in [5.74, 6) is 1.99. The van der Waals surface area contributed by atoms with Crippen molar-refractivity contribution in [3.8, 4) is 0 Å². The highest BCUT2D eigenvalue weighted by molar-refractivity contribution is 7.99. The summed E-state index contributed by atoms with van der Waals surface area (Å²) in [6.45, 7) is 4.38. The molecule has 0 fully saturated rings. The maximum absolute atomic E-state index is 4.60. The number of aromatic amines is 1. The summed E-state index contributed by atoms with van der Waals surface area (Å²) in [5, 5.41) is 0.953. The zero-order valence-electron chi connectivity index (χ0n) is 12.8. The number of rotatable bonds is 6. The Hall–Kier alpha value is -1.46. The van der Waals surface area contributed by atoms with Gasteiger partial charge in [-0.25, -0.2) is 4.98 Å². The van der Waals surface area contributed by atoms with Crippen molar-refractivity contribution in [1.82, 2.24) is 15.0 Å². The minimum atomic E-state index is 0.839. The highest BCUT2D eigenvalue weighted by atomic mass is 32.2. The molecule has 22 heavy (non-hydrogen) atoms. The Kier molecular flexibility index (Phi) is 5.05. The zero-order valence-corrected chi connectivity index (χ0v) is 14.4. The fourth-order valence-corrected chi connectivity index (χ4v) is 4.03. The van der Waals surface area contributed by atoms with Crippen LogP contribution in [0.25, 0.3) is 11.0 Å². The molecule has 0 aliphatic heterocycles. The molecular weight excluding hydrogens is 310 g/mol. The molecule has 1 N–H and O–H groups in total. The van der Waals surface area contributed by atoms with E-state index in [1.807, 2.05) is 36.2 Å². The number of fused-ring (bicyclic) bond motifs is 1. The molecule has 3 aromatic rings. The van der Waals surface area contributed by atoms with Gasteiger partial charge in [0.1, 0.15) is 0 Å². The van der Waals surface area contributed by atoms with E-state index in [0.717, 1.165) is 33.4 Å². The predicted octanol–water partition coefficient (Wildman–Crippen LogP) is 5.06. The lowest BCUT2D eigenvalue weighted by Crippen LogP contribution is -1.94. The van der Waals surface area contributed by atoms with E-state index < -0.39 is 0 Å². The summed E-state index contributed by atoms with van der Waals surface area (Å²) >= 11 is 3.62. The summed E-state index contributed by atoms with van der Waals surface area (Å²) in [4.78, 5) is 13.8. The van der Waals surface area contributed by atoms with Crippen LogP contribution in [0.15, 0.2) is 46.6 Å². The van der Waals surface area contributed by atoms with E-state index in [2.05, 4.69) is 40.9 Å². The normalized spacial score (nSPS) is 11.2. The smallest absolute Gasteiger partial charge is 0.166 e. The quantitative estimate of drug-likeness (QED) is 0.642. The molecule has 0 bridgehead atoms. The second-order valence-electron chi connectivity index (χ2n) is 5.08. The number of pyridine rings is 1. The third-order valence-corrected chi connectivity index (χ3v) is 5.68. The summed E-state index contributed by atoms with van der Waals surface area (Å²) in [6, 6.07) is 10.2. The lowest BCUT2D eigenvalue weighted by atomic mass is 10.2. The van der Waals surface area contributed by atoms with Crippen LogP contribution in [0.3, 0.4) is 0 Å². The Balaban J connectivity index is 1.73. The second-order valence-corrected chi connectivity index (χ2v) is 7.18. The molecule has 2 heterocycles. The molecule has 0 radical (unpaired) electrons. The standard InChI is InChI=1S/C17H19N3S2/c1-3-10-21-16-8-9-18-15(12(16)2)11-22-17-19-13-6-4-5-7-14(13)20-17/h4-9H,3,10-11H2,1-2H3,(H,19,20). The maximum atomic E-state index is 4.60. The average Bonchev–Trinajstić information content (AvgIpc) is 2.95. The first-order valence-electron chi connectivity index (χ1n) is 7.42. The van der Waals surface area contributed by atoms with E-state index in [1.54, 1.807) is 11.8 Å². The van der Waals surface area contributed by atoms with Gasteiger partial charge in [-0.1, -0.05) is 30.8 Å². The van der Waals surface area contributed by atoms with E-state index in [9.17, 15) is 0 Å². The molecule has 0 unspecified atom stereocenters. The van der Waals surface area contributed by atoms with Gasteiger partial charge >= 0.3 is 0 Å². The van der Waals surface area contributed by atoms with E-state index in [4.69, 9.17) is 0 Å². The third kappa shape index (κ3) is 3.47. The molecule has 0 atom stereocenters. The first kappa shape index (κ1) is 15.4. The number of para-hydroxylation sites is 2. The van der Waals surface area contributed by atoms with Crippen LogP contribution in [0.2, 0.25) is 0 Å². The highest BCUT2D eigenvalue weighted by Gasteiger charge is 2.08. The van der Waals surface area contributed by atoms with Gasteiger partial charge in [0.25, 0.3) is 0 Å². The first-order chi connectivity index (χ1) is 10.8. The van der Waals surface area contributed by atoms with Crippen molar-refractivity contribution in [1.29, 1.82) is 0 Å². The monoisotopic (exact) mass is 329 g/mol. The number of nitrogens with one attached hydrogen (secondary N) is 1. The van der Waals surface area contributed by atoms with E-state index in [1.165, 1.54) is 16.9 Å². The van der Waals surface area contributed by atoms with Crippen LogP contribution < -0.4 is 0 Å². The number of thioether (sulfide) groups is 2. The number of hydrogen-bond acceptors (Lipinski definition) is 4. The first-order valence-corrected chi connectivity index (χ1v) is 9.40. The van der Waals surface area contributed by atoms with E-state index >= 15 is 0 Å². The van der Waals surface area contributed by atoms with Crippen molar-refractivity contribution in [3.63, 3.8) is 0 Å². The molecular formula is C17H19N3S2. The molecule has 5 heteroatoms. The van der Waals surface area contributed by atoms with Gasteiger partial charge in [-0.2, -0.15) is 0 Å². The topological polar surface area (TPSA) is 41.6 Å². The fraction of sp³-hybridized carbons (Fsp3) is 0.294. The molecule has 0 amide bonds. The van der Waals surface area contributed by atoms with E-state index in [0.29, 0.717) is 0 Å². The molecule has 0 spiro atoms. The van der Waals surface area contributed by atoms with Crippen LogP contribution in [0.5, 0.6) is 0 Å². The second kappa shape index (κ2) is 7.20. The van der Waals surface area contributed by atoms with Crippen molar-refractivity contribution >= 4 is 34.6 Å². The number of imidazole rings is 1. The van der Waals surface area contributed by atoms with Crippen LogP contribution >= 0.6 is 23.5 Å². The number of nitrogens with zero attached hydrogens (tertiary/aromatic N) is 2. The van der Waals surface area contributed by atoms with Gasteiger partial charge in [0, 0.05) is 16.8 Å². The van der Waals surface area contributed by atoms with Crippen LogP contribution in [0.4, 0.5) is 0 Å². The summed E-state index contributed by atoms with van der Waals surface area (Å²) in [5.41, 5.74) is 4.54. The largest absolute Gasteiger partial charge is 0.333 e. The summed E-state index contributed by atoms with van der Waals surface area (Å²) in [6.07, 6.45) is 3.11. The zero-order chi connectivity index (χ0) is 15.4. The van der Waals surface area contributed by atoms with Crippen molar-refractivity contribution in [3.05, 3.63) is 47.8 Å². The summed E-state index contributed by atoms with van der Waals surface area (Å²) in [7, 11) is 0. The Bertz CT molecular complexity index is 734. The Morgan fingerprint density at radius 2 is 2.00 bits per heavy atom. The molecule has 3 rings (SSSR count). The fourth-order valence-electron chi connectivity index (χ4n) is 2.21. The van der Waals surface area contributed by atoms with Gasteiger partial charge in [-0.05, 0) is 42.9 Å². The molecule has 1 aromatic carbocycles. The SMILES string of the molecule is CCCSc1ccnc(CSc2nc3ccccc3[nH]2)c1C. The van der Waals surface area contributed by atoms with Crippen LogP contribution in [-0.2, 0) is 5.75 Å². The Morgan fingerprint density at radius 1 is 1.14 bits per heavy atom. The molecule has 0 saturated heterocycles. The summed E-state index contributed by atoms with van der Waals surface area (Å²) < 4.78 is 0. The Morgan fingerprint density at radius 3 is 2.82 bits per heavy atom. The van der Waals surface area contributed by atoms with Gasteiger partial charge in [0.15, 0.2) is 5.16 Å². The van der Waals surface area contributed by atoms with Crippen molar-refractivity contribution in [2.24, 2.45) is 0 Å². The molecule has 0 aliphatic carbocycles.